The molecule has 0 aromatic carbocycles. The van der Waals surface area contributed by atoms with Gasteiger partial charge in [-0.05, 0) is 25.6 Å². The average molecular weight is 292 g/mol. The first kappa shape index (κ1) is 15.6. The molecule has 0 bridgehead atoms. The van der Waals surface area contributed by atoms with Crippen molar-refractivity contribution in [3.05, 3.63) is 17.8 Å². The number of nitrogens with two attached hydrogens (primary N) is 1. The van der Waals surface area contributed by atoms with Gasteiger partial charge in [0.2, 0.25) is 0 Å². The maximum atomic E-state index is 11.7. The average Bonchev–Trinajstić information content (AvgIpc) is 2.98. The summed E-state index contributed by atoms with van der Waals surface area (Å²) >= 11 is 0. The molecule has 6 heteroatoms. The standard InChI is InChI=1S/C15H24N4O2/c1-4-18(5-2)11-6-7-19(10-11)14-8-12(15(20)21-3)13(16)9-17-14/h8-9,11H,4-7,10,16H2,1-3H3. The molecule has 21 heavy (non-hydrogen) atoms. The van der Waals surface area contributed by atoms with Gasteiger partial charge in [0, 0.05) is 19.1 Å². The Kier molecular flexibility index (Phi) is 5.01. The summed E-state index contributed by atoms with van der Waals surface area (Å²) in [6, 6.07) is 2.27. The molecule has 0 radical (unpaired) electrons. The van der Waals surface area contributed by atoms with E-state index in [-0.39, 0.29) is 0 Å². The van der Waals surface area contributed by atoms with E-state index in [1.165, 1.54) is 13.3 Å². The van der Waals surface area contributed by atoms with Crippen LogP contribution in [-0.2, 0) is 4.74 Å². The third-order valence-corrected chi connectivity index (χ3v) is 4.14. The number of likely N-dealkylation sites (N-methyl/N-ethyl adjacent to an activating group) is 1. The second-order valence-electron chi connectivity index (χ2n) is 5.23. The van der Waals surface area contributed by atoms with Crippen molar-refractivity contribution in [1.82, 2.24) is 9.88 Å². The molecule has 1 aliphatic heterocycles. The highest BCUT2D eigenvalue weighted by atomic mass is 16.5. The minimum atomic E-state index is -0.421. The van der Waals surface area contributed by atoms with Crippen LogP contribution in [0.2, 0.25) is 0 Å². The molecule has 1 aliphatic rings. The summed E-state index contributed by atoms with van der Waals surface area (Å²) in [7, 11) is 1.36. The third-order valence-electron chi connectivity index (χ3n) is 4.14. The summed E-state index contributed by atoms with van der Waals surface area (Å²) in [5, 5.41) is 0. The number of carbonyl (C=O) groups excluding carboxylic acids is 1. The fourth-order valence-corrected chi connectivity index (χ4v) is 2.90. The molecule has 1 atom stereocenters. The number of carbonyl (C=O) groups is 1. The Bertz CT molecular complexity index is 502. The van der Waals surface area contributed by atoms with Crippen molar-refractivity contribution in [2.45, 2.75) is 26.3 Å². The van der Waals surface area contributed by atoms with Crippen molar-refractivity contribution in [2.75, 3.05) is 43.9 Å². The fourth-order valence-electron chi connectivity index (χ4n) is 2.90. The topological polar surface area (TPSA) is 71.7 Å². The van der Waals surface area contributed by atoms with Gasteiger partial charge in [-0.25, -0.2) is 9.78 Å². The van der Waals surface area contributed by atoms with Gasteiger partial charge in [-0.1, -0.05) is 13.8 Å². The van der Waals surface area contributed by atoms with Crippen LogP contribution in [0.15, 0.2) is 12.3 Å². The number of nitrogen functional groups attached to an aromatic ring is 1. The Balaban J connectivity index is 2.15. The van der Waals surface area contributed by atoms with Crippen LogP contribution in [0.4, 0.5) is 11.5 Å². The predicted octanol–water partition coefficient (Wildman–Crippen LogP) is 1.37. The molecule has 1 saturated heterocycles. The van der Waals surface area contributed by atoms with E-state index in [9.17, 15) is 4.79 Å². The van der Waals surface area contributed by atoms with E-state index in [1.54, 1.807) is 6.07 Å². The number of nitrogens with zero attached hydrogens (tertiary/aromatic N) is 3. The number of rotatable bonds is 5. The highest BCUT2D eigenvalue weighted by molar-refractivity contribution is 5.95. The van der Waals surface area contributed by atoms with Crippen LogP contribution < -0.4 is 10.6 Å². The Morgan fingerprint density at radius 3 is 2.86 bits per heavy atom. The van der Waals surface area contributed by atoms with Crippen molar-refractivity contribution in [2.24, 2.45) is 0 Å². The van der Waals surface area contributed by atoms with Crippen molar-refractivity contribution in [3.63, 3.8) is 0 Å². The van der Waals surface area contributed by atoms with Crippen molar-refractivity contribution >= 4 is 17.5 Å². The van der Waals surface area contributed by atoms with E-state index < -0.39 is 5.97 Å². The predicted molar refractivity (Wildman–Crippen MR) is 83.5 cm³/mol. The van der Waals surface area contributed by atoms with Gasteiger partial charge in [-0.15, -0.1) is 0 Å². The molecular weight excluding hydrogens is 268 g/mol. The Morgan fingerprint density at radius 2 is 2.24 bits per heavy atom. The van der Waals surface area contributed by atoms with E-state index in [0.717, 1.165) is 38.4 Å². The van der Waals surface area contributed by atoms with Crippen molar-refractivity contribution in [1.29, 1.82) is 0 Å². The number of hydrogen-bond donors (Lipinski definition) is 1. The zero-order chi connectivity index (χ0) is 15.4. The molecule has 0 spiro atoms. The van der Waals surface area contributed by atoms with Gasteiger partial charge in [-0.2, -0.15) is 0 Å². The summed E-state index contributed by atoms with van der Waals surface area (Å²) in [6.07, 6.45) is 2.65. The second-order valence-corrected chi connectivity index (χ2v) is 5.23. The molecule has 0 aliphatic carbocycles. The molecule has 1 aromatic heterocycles. The van der Waals surface area contributed by atoms with Crippen LogP contribution in [-0.4, -0.2) is 55.2 Å². The molecule has 6 nitrogen and oxygen atoms in total. The number of esters is 1. The SMILES string of the molecule is CCN(CC)C1CCN(c2cc(C(=O)OC)c(N)cn2)C1. The lowest BCUT2D eigenvalue weighted by molar-refractivity contribution is 0.0602. The van der Waals surface area contributed by atoms with Crippen LogP contribution in [0.5, 0.6) is 0 Å². The number of pyridine rings is 1. The molecule has 0 saturated carbocycles. The summed E-state index contributed by atoms with van der Waals surface area (Å²) in [6.45, 7) is 8.35. The lowest BCUT2D eigenvalue weighted by Gasteiger charge is -2.26. The Hall–Kier alpha value is -1.82. The monoisotopic (exact) mass is 292 g/mol. The van der Waals surface area contributed by atoms with E-state index in [0.29, 0.717) is 17.3 Å². The molecule has 116 valence electrons. The van der Waals surface area contributed by atoms with E-state index in [2.05, 4.69) is 28.6 Å². The number of methoxy groups -OCH3 is 1. The largest absolute Gasteiger partial charge is 0.465 e. The zero-order valence-electron chi connectivity index (χ0n) is 13.0. The van der Waals surface area contributed by atoms with Crippen LogP contribution in [0, 0.1) is 0 Å². The smallest absolute Gasteiger partial charge is 0.340 e. The minimum Gasteiger partial charge on any atom is -0.465 e. The quantitative estimate of drug-likeness (QED) is 0.827. The summed E-state index contributed by atoms with van der Waals surface area (Å²) in [4.78, 5) is 20.7. The summed E-state index contributed by atoms with van der Waals surface area (Å²) < 4.78 is 4.76. The number of ether oxygens (including phenoxy) is 1. The normalized spacial score (nSPS) is 18.3. The lowest BCUT2D eigenvalue weighted by atomic mass is 10.2. The molecule has 1 aromatic rings. The van der Waals surface area contributed by atoms with Gasteiger partial charge >= 0.3 is 5.97 Å². The molecular formula is C15H24N4O2. The van der Waals surface area contributed by atoms with Gasteiger partial charge in [0.15, 0.2) is 0 Å². The molecule has 0 amide bonds. The maximum absolute atomic E-state index is 11.7. The van der Waals surface area contributed by atoms with Gasteiger partial charge in [0.05, 0.1) is 24.6 Å². The fraction of sp³-hybridized carbons (Fsp3) is 0.600. The van der Waals surface area contributed by atoms with E-state index in [4.69, 9.17) is 10.5 Å². The van der Waals surface area contributed by atoms with Crippen LogP contribution in [0.25, 0.3) is 0 Å². The van der Waals surface area contributed by atoms with Crippen LogP contribution in [0.3, 0.4) is 0 Å². The van der Waals surface area contributed by atoms with Gasteiger partial charge in [0.25, 0.3) is 0 Å². The Labute approximate surface area is 125 Å². The molecule has 2 rings (SSSR count). The van der Waals surface area contributed by atoms with Crippen molar-refractivity contribution in [3.8, 4) is 0 Å². The number of hydrogen-bond acceptors (Lipinski definition) is 6. The van der Waals surface area contributed by atoms with Crippen LogP contribution in [0.1, 0.15) is 30.6 Å². The van der Waals surface area contributed by atoms with Crippen LogP contribution >= 0.6 is 0 Å². The van der Waals surface area contributed by atoms with Gasteiger partial charge in [0.1, 0.15) is 5.82 Å². The zero-order valence-corrected chi connectivity index (χ0v) is 13.0. The van der Waals surface area contributed by atoms with Crippen molar-refractivity contribution < 1.29 is 9.53 Å². The first-order chi connectivity index (χ1) is 10.1. The van der Waals surface area contributed by atoms with Gasteiger partial charge in [-0.3, -0.25) is 4.90 Å². The first-order valence-corrected chi connectivity index (χ1v) is 7.43. The molecule has 1 fully saturated rings. The van der Waals surface area contributed by atoms with Gasteiger partial charge < -0.3 is 15.4 Å². The highest BCUT2D eigenvalue weighted by Gasteiger charge is 2.27. The number of aromatic nitrogens is 1. The minimum absolute atomic E-state index is 0.352. The number of anilines is 2. The Morgan fingerprint density at radius 1 is 1.52 bits per heavy atom. The lowest BCUT2D eigenvalue weighted by Crippen LogP contribution is -2.37. The third kappa shape index (κ3) is 3.26. The highest BCUT2D eigenvalue weighted by Crippen LogP contribution is 2.24. The first-order valence-electron chi connectivity index (χ1n) is 7.43. The molecule has 2 N–H and O–H groups in total. The van der Waals surface area contributed by atoms with E-state index in [1.807, 2.05) is 0 Å². The maximum Gasteiger partial charge on any atom is 0.340 e. The summed E-state index contributed by atoms with van der Waals surface area (Å²) in [5.74, 6) is 0.370. The van der Waals surface area contributed by atoms with E-state index >= 15 is 0 Å². The second kappa shape index (κ2) is 6.76. The molecule has 1 unspecified atom stereocenters. The summed E-state index contributed by atoms with van der Waals surface area (Å²) in [5.41, 5.74) is 6.53. The molecule has 2 heterocycles.